The zero-order chi connectivity index (χ0) is 13.8. The molecule has 0 radical (unpaired) electrons. The highest BCUT2D eigenvalue weighted by atomic mass is 16.5. The Morgan fingerprint density at radius 2 is 2.15 bits per heavy atom. The number of ether oxygens (including phenoxy) is 1. The normalized spacial score (nSPS) is 15.1. The van der Waals surface area contributed by atoms with E-state index in [0.29, 0.717) is 13.2 Å². The first-order chi connectivity index (χ1) is 9.88. The molecule has 2 aromatic rings. The number of fused-ring (bicyclic) bond motifs is 1. The van der Waals surface area contributed by atoms with Crippen molar-refractivity contribution < 1.29 is 9.84 Å². The molecule has 0 aliphatic heterocycles. The lowest BCUT2D eigenvalue weighted by molar-refractivity contribution is 0.0875. The van der Waals surface area contributed by atoms with Crippen molar-refractivity contribution >= 4 is 10.9 Å². The Kier molecular flexibility index (Phi) is 4.35. The van der Waals surface area contributed by atoms with Crippen LogP contribution in [0.5, 0.6) is 0 Å². The second-order valence-electron chi connectivity index (χ2n) is 5.35. The van der Waals surface area contributed by atoms with Gasteiger partial charge in [0.25, 0.3) is 0 Å². The molecule has 1 aromatic heterocycles. The van der Waals surface area contributed by atoms with Gasteiger partial charge >= 0.3 is 0 Å². The molecule has 20 heavy (non-hydrogen) atoms. The molecule has 0 bridgehead atoms. The number of hydrogen-bond donors (Lipinski definition) is 2. The number of aliphatic hydroxyl groups is 1. The Labute approximate surface area is 119 Å². The maximum absolute atomic E-state index is 8.70. The van der Waals surface area contributed by atoms with Crippen LogP contribution in [0.3, 0.4) is 0 Å². The highest BCUT2D eigenvalue weighted by Gasteiger charge is 2.20. The van der Waals surface area contributed by atoms with E-state index < -0.39 is 0 Å². The number of hydrogen-bond acceptors (Lipinski definition) is 3. The van der Waals surface area contributed by atoms with Crippen LogP contribution >= 0.6 is 0 Å². The highest BCUT2D eigenvalue weighted by molar-refractivity contribution is 5.83. The van der Waals surface area contributed by atoms with Crippen molar-refractivity contribution in [1.29, 1.82) is 0 Å². The fourth-order valence-electron chi connectivity index (χ4n) is 2.51. The average Bonchev–Trinajstić information content (AvgIpc) is 3.21. The van der Waals surface area contributed by atoms with Gasteiger partial charge in [0.15, 0.2) is 0 Å². The molecule has 0 spiro atoms. The van der Waals surface area contributed by atoms with E-state index in [1.165, 1.54) is 29.3 Å². The van der Waals surface area contributed by atoms with Crippen LogP contribution in [0.25, 0.3) is 10.9 Å². The summed E-state index contributed by atoms with van der Waals surface area (Å²) in [6, 6.07) is 9.40. The van der Waals surface area contributed by atoms with Gasteiger partial charge in [-0.15, -0.1) is 0 Å². The van der Waals surface area contributed by atoms with Gasteiger partial charge in [-0.3, -0.25) is 0 Å². The minimum Gasteiger partial charge on any atom is -0.394 e. The Bertz CT molecular complexity index is 561. The van der Waals surface area contributed by atoms with Gasteiger partial charge in [0.1, 0.15) is 0 Å². The van der Waals surface area contributed by atoms with Crippen LogP contribution in [0.15, 0.2) is 30.5 Å². The molecule has 1 aliphatic carbocycles. The molecule has 1 aromatic carbocycles. The van der Waals surface area contributed by atoms with Gasteiger partial charge in [-0.05, 0) is 30.5 Å². The van der Waals surface area contributed by atoms with E-state index >= 15 is 0 Å². The van der Waals surface area contributed by atoms with Crippen molar-refractivity contribution in [3.05, 3.63) is 36.0 Å². The maximum Gasteiger partial charge on any atom is 0.0698 e. The second-order valence-corrected chi connectivity index (χ2v) is 5.35. The summed E-state index contributed by atoms with van der Waals surface area (Å²) in [5, 5.41) is 13.6. The summed E-state index contributed by atoms with van der Waals surface area (Å²) < 4.78 is 7.55. The summed E-state index contributed by atoms with van der Waals surface area (Å²) in [6.07, 6.45) is 4.76. The van der Waals surface area contributed by atoms with Crippen LogP contribution in [0.1, 0.15) is 18.4 Å². The molecule has 4 nitrogen and oxygen atoms in total. The van der Waals surface area contributed by atoms with Crippen molar-refractivity contribution in [2.45, 2.75) is 32.0 Å². The minimum absolute atomic E-state index is 0.0867. The largest absolute Gasteiger partial charge is 0.394 e. The van der Waals surface area contributed by atoms with Gasteiger partial charge in [-0.2, -0.15) is 0 Å². The van der Waals surface area contributed by atoms with Gasteiger partial charge in [-0.1, -0.05) is 12.1 Å². The number of nitrogens with one attached hydrogen (secondary N) is 1. The molecule has 1 fully saturated rings. The van der Waals surface area contributed by atoms with E-state index in [0.717, 1.165) is 19.1 Å². The van der Waals surface area contributed by atoms with Gasteiger partial charge in [-0.25, -0.2) is 0 Å². The number of benzene rings is 1. The third kappa shape index (κ3) is 3.20. The molecule has 0 unspecified atom stereocenters. The van der Waals surface area contributed by atoms with E-state index in [4.69, 9.17) is 9.84 Å². The average molecular weight is 274 g/mol. The Balaban J connectivity index is 1.69. The molecule has 0 saturated heterocycles. The first kappa shape index (κ1) is 13.6. The summed E-state index contributed by atoms with van der Waals surface area (Å²) in [4.78, 5) is 0. The molecular formula is C16H22N2O2. The molecule has 0 atom stereocenters. The number of aliphatic hydroxyl groups excluding tert-OH is 1. The van der Waals surface area contributed by atoms with Crippen LogP contribution < -0.4 is 5.32 Å². The topological polar surface area (TPSA) is 46.4 Å². The first-order valence-electron chi connectivity index (χ1n) is 7.37. The van der Waals surface area contributed by atoms with Gasteiger partial charge in [0.2, 0.25) is 0 Å². The SMILES string of the molecule is OCCOCCn1ccc2c(CNC3CC3)cccc21. The summed E-state index contributed by atoms with van der Waals surface area (Å²) in [6.45, 7) is 2.91. The van der Waals surface area contributed by atoms with Crippen LogP contribution in [0.2, 0.25) is 0 Å². The summed E-state index contributed by atoms with van der Waals surface area (Å²) in [5.74, 6) is 0. The van der Waals surface area contributed by atoms with E-state index in [1.54, 1.807) is 0 Å². The van der Waals surface area contributed by atoms with Gasteiger partial charge < -0.3 is 19.7 Å². The molecule has 0 amide bonds. The smallest absolute Gasteiger partial charge is 0.0698 e. The number of rotatable bonds is 8. The van der Waals surface area contributed by atoms with Crippen molar-refractivity contribution in [2.24, 2.45) is 0 Å². The monoisotopic (exact) mass is 274 g/mol. The standard InChI is InChI=1S/C16H22N2O2/c19-9-11-20-10-8-18-7-6-15-13(2-1-3-16(15)18)12-17-14-4-5-14/h1-3,6-7,14,17,19H,4-5,8-12H2. The molecule has 1 aliphatic rings. The maximum atomic E-state index is 8.70. The fraction of sp³-hybridized carbons (Fsp3) is 0.500. The zero-order valence-electron chi connectivity index (χ0n) is 11.7. The summed E-state index contributed by atoms with van der Waals surface area (Å²) in [7, 11) is 0. The highest BCUT2D eigenvalue weighted by Crippen LogP contribution is 2.23. The molecule has 4 heteroatoms. The molecule has 2 N–H and O–H groups in total. The Morgan fingerprint density at radius 1 is 1.25 bits per heavy atom. The van der Waals surface area contributed by atoms with Crippen molar-refractivity contribution in [3.8, 4) is 0 Å². The molecule has 1 saturated carbocycles. The molecule has 1 heterocycles. The lowest BCUT2D eigenvalue weighted by atomic mass is 10.1. The van der Waals surface area contributed by atoms with Crippen molar-refractivity contribution in [2.75, 3.05) is 19.8 Å². The van der Waals surface area contributed by atoms with Crippen LogP contribution in [0.4, 0.5) is 0 Å². The summed E-state index contributed by atoms with van der Waals surface area (Å²) in [5.41, 5.74) is 2.62. The van der Waals surface area contributed by atoms with Crippen LogP contribution in [-0.2, 0) is 17.8 Å². The van der Waals surface area contributed by atoms with E-state index in [2.05, 4.69) is 40.3 Å². The lowest BCUT2D eigenvalue weighted by Gasteiger charge is -2.08. The second kappa shape index (κ2) is 6.39. The third-order valence-corrected chi connectivity index (χ3v) is 3.77. The predicted octanol–water partition coefficient (Wildman–Crippen LogP) is 1.90. The van der Waals surface area contributed by atoms with Gasteiger partial charge in [0.05, 0.1) is 19.8 Å². The van der Waals surface area contributed by atoms with Crippen molar-refractivity contribution in [3.63, 3.8) is 0 Å². The zero-order valence-corrected chi connectivity index (χ0v) is 11.7. The fourth-order valence-corrected chi connectivity index (χ4v) is 2.51. The predicted molar refractivity (Wildman–Crippen MR) is 79.7 cm³/mol. The van der Waals surface area contributed by atoms with Gasteiger partial charge in [0, 0.05) is 36.2 Å². The molecule has 3 rings (SSSR count). The van der Waals surface area contributed by atoms with Crippen LogP contribution in [0, 0.1) is 0 Å². The molecular weight excluding hydrogens is 252 g/mol. The number of nitrogens with zero attached hydrogens (tertiary/aromatic N) is 1. The first-order valence-corrected chi connectivity index (χ1v) is 7.37. The third-order valence-electron chi connectivity index (χ3n) is 3.77. The molecule has 108 valence electrons. The minimum atomic E-state index is 0.0867. The van der Waals surface area contributed by atoms with E-state index in [9.17, 15) is 0 Å². The number of aromatic nitrogens is 1. The van der Waals surface area contributed by atoms with E-state index in [-0.39, 0.29) is 6.61 Å². The van der Waals surface area contributed by atoms with Crippen LogP contribution in [-0.4, -0.2) is 35.5 Å². The quantitative estimate of drug-likeness (QED) is 0.723. The van der Waals surface area contributed by atoms with E-state index in [1.807, 2.05) is 0 Å². The Morgan fingerprint density at radius 3 is 2.95 bits per heavy atom. The Hall–Kier alpha value is -1.36. The lowest BCUT2D eigenvalue weighted by Crippen LogP contribution is -2.15. The van der Waals surface area contributed by atoms with Crippen molar-refractivity contribution in [1.82, 2.24) is 9.88 Å². The summed E-state index contributed by atoms with van der Waals surface area (Å²) >= 11 is 0.